The third-order valence-electron chi connectivity index (χ3n) is 3.98. The Kier molecular flexibility index (Phi) is 4.53. The molecule has 0 spiro atoms. The van der Waals surface area contributed by atoms with Gasteiger partial charge in [0, 0.05) is 21.8 Å². The highest BCUT2D eigenvalue weighted by Gasteiger charge is 2.21. The van der Waals surface area contributed by atoms with E-state index < -0.39 is 5.97 Å². The zero-order chi connectivity index (χ0) is 17.3. The summed E-state index contributed by atoms with van der Waals surface area (Å²) in [5.74, 6) is -0.572. The van der Waals surface area contributed by atoms with Gasteiger partial charge in [-0.3, -0.25) is 4.79 Å². The molecular formula is C19H16BrNO3. The van der Waals surface area contributed by atoms with Crippen LogP contribution in [0.2, 0.25) is 0 Å². The van der Waals surface area contributed by atoms with Crippen LogP contribution in [-0.4, -0.2) is 23.3 Å². The number of halogens is 1. The molecule has 0 fully saturated rings. The number of aromatic amines is 1. The van der Waals surface area contributed by atoms with Gasteiger partial charge in [-0.1, -0.05) is 40.2 Å². The Labute approximate surface area is 148 Å². The van der Waals surface area contributed by atoms with E-state index in [0.717, 1.165) is 15.2 Å². The summed E-state index contributed by atoms with van der Waals surface area (Å²) in [6, 6.07) is 11.4. The van der Waals surface area contributed by atoms with Gasteiger partial charge >= 0.3 is 5.97 Å². The van der Waals surface area contributed by atoms with E-state index in [1.165, 1.54) is 0 Å². The molecule has 3 rings (SSSR count). The molecule has 5 heteroatoms. The second-order valence-corrected chi connectivity index (χ2v) is 6.25. The Balaban J connectivity index is 2.08. The first-order valence-corrected chi connectivity index (χ1v) is 8.41. The van der Waals surface area contributed by atoms with Crippen LogP contribution in [0.4, 0.5) is 0 Å². The minimum Gasteiger partial charge on any atom is -0.461 e. The van der Waals surface area contributed by atoms with Gasteiger partial charge < -0.3 is 9.72 Å². The first kappa shape index (κ1) is 16.5. The molecule has 2 aromatic carbocycles. The van der Waals surface area contributed by atoms with E-state index in [9.17, 15) is 9.59 Å². The zero-order valence-electron chi connectivity index (χ0n) is 13.4. The molecule has 1 heterocycles. The van der Waals surface area contributed by atoms with E-state index in [4.69, 9.17) is 4.74 Å². The molecule has 1 aromatic heterocycles. The lowest BCUT2D eigenvalue weighted by Crippen LogP contribution is -2.08. The molecular weight excluding hydrogens is 370 g/mol. The lowest BCUT2D eigenvalue weighted by Gasteiger charge is -2.07. The molecule has 0 unspecified atom stereocenters. The number of ketones is 1. The van der Waals surface area contributed by atoms with Gasteiger partial charge in [0.1, 0.15) is 5.69 Å². The maximum absolute atomic E-state index is 13.0. The summed E-state index contributed by atoms with van der Waals surface area (Å²) in [5, 5.41) is 1.84. The molecule has 0 radical (unpaired) electrons. The molecule has 4 nitrogen and oxygen atoms in total. The Bertz CT molecular complexity index is 943. The van der Waals surface area contributed by atoms with Crippen molar-refractivity contribution < 1.29 is 14.3 Å². The third-order valence-corrected chi connectivity index (χ3v) is 4.67. The number of fused-ring (bicyclic) bond motifs is 1. The molecule has 0 amide bonds. The van der Waals surface area contributed by atoms with Crippen molar-refractivity contribution in [1.82, 2.24) is 4.98 Å². The Morgan fingerprint density at radius 2 is 1.79 bits per heavy atom. The molecule has 3 aromatic rings. The van der Waals surface area contributed by atoms with Gasteiger partial charge in [0.25, 0.3) is 0 Å². The quantitative estimate of drug-likeness (QED) is 0.525. The standard InChI is InChI=1S/C19H16BrNO3/c1-3-24-19(23)17-11(2)15(10-21-17)18(22)14-8-9-16(20)13-7-5-4-6-12(13)14/h4-10,21H,3H2,1-2H3. The van der Waals surface area contributed by atoms with Crippen LogP contribution in [0, 0.1) is 6.92 Å². The minimum atomic E-state index is -0.449. The number of H-pyrrole nitrogens is 1. The summed E-state index contributed by atoms with van der Waals surface area (Å²) >= 11 is 3.51. The first-order valence-electron chi connectivity index (χ1n) is 7.61. The van der Waals surface area contributed by atoms with Crippen LogP contribution in [0.5, 0.6) is 0 Å². The van der Waals surface area contributed by atoms with Gasteiger partial charge in [-0.15, -0.1) is 0 Å². The number of benzene rings is 2. The number of carbonyl (C=O) groups excluding carboxylic acids is 2. The SMILES string of the molecule is CCOC(=O)c1[nH]cc(C(=O)c2ccc(Br)c3ccccc23)c1C. The number of hydrogen-bond donors (Lipinski definition) is 1. The lowest BCUT2D eigenvalue weighted by molar-refractivity contribution is 0.0519. The van der Waals surface area contributed by atoms with Crippen LogP contribution < -0.4 is 0 Å². The monoisotopic (exact) mass is 385 g/mol. The fourth-order valence-electron chi connectivity index (χ4n) is 2.75. The second kappa shape index (κ2) is 6.61. The van der Waals surface area contributed by atoms with Gasteiger partial charge in [0.15, 0.2) is 5.78 Å². The Morgan fingerprint density at radius 1 is 1.08 bits per heavy atom. The highest BCUT2D eigenvalue weighted by molar-refractivity contribution is 9.10. The van der Waals surface area contributed by atoms with Gasteiger partial charge in [-0.05, 0) is 42.3 Å². The maximum Gasteiger partial charge on any atom is 0.355 e. The smallest absolute Gasteiger partial charge is 0.355 e. The van der Waals surface area contributed by atoms with Crippen molar-refractivity contribution in [3.63, 3.8) is 0 Å². The van der Waals surface area contributed by atoms with Gasteiger partial charge in [0.05, 0.1) is 6.61 Å². The molecule has 0 aliphatic rings. The molecule has 1 N–H and O–H groups in total. The molecule has 24 heavy (non-hydrogen) atoms. The lowest BCUT2D eigenvalue weighted by atomic mass is 9.96. The van der Waals surface area contributed by atoms with Crippen molar-refractivity contribution in [2.24, 2.45) is 0 Å². The van der Waals surface area contributed by atoms with Crippen molar-refractivity contribution >= 4 is 38.5 Å². The number of hydrogen-bond acceptors (Lipinski definition) is 3. The normalized spacial score (nSPS) is 10.8. The first-order chi connectivity index (χ1) is 11.5. The molecule has 122 valence electrons. The fraction of sp³-hybridized carbons (Fsp3) is 0.158. The topological polar surface area (TPSA) is 59.2 Å². The molecule has 0 aliphatic heterocycles. The summed E-state index contributed by atoms with van der Waals surface area (Å²) in [6.45, 7) is 3.78. The van der Waals surface area contributed by atoms with E-state index in [-0.39, 0.29) is 12.4 Å². The van der Waals surface area contributed by atoms with Gasteiger partial charge in [-0.2, -0.15) is 0 Å². The molecule has 0 saturated heterocycles. The molecule has 0 saturated carbocycles. The molecule has 0 atom stereocenters. The number of aromatic nitrogens is 1. The highest BCUT2D eigenvalue weighted by Crippen LogP contribution is 2.29. The van der Waals surface area contributed by atoms with E-state index in [0.29, 0.717) is 22.4 Å². The predicted molar refractivity (Wildman–Crippen MR) is 96.6 cm³/mol. The number of carbonyl (C=O) groups is 2. The molecule has 0 aliphatic carbocycles. The Hall–Kier alpha value is -2.40. The van der Waals surface area contributed by atoms with Crippen LogP contribution in [0.1, 0.15) is 38.9 Å². The minimum absolute atomic E-state index is 0.122. The van der Waals surface area contributed by atoms with Gasteiger partial charge in [0.2, 0.25) is 0 Å². The fourth-order valence-corrected chi connectivity index (χ4v) is 3.23. The maximum atomic E-state index is 13.0. The molecule has 0 bridgehead atoms. The van der Waals surface area contributed by atoms with Crippen LogP contribution in [-0.2, 0) is 4.74 Å². The van der Waals surface area contributed by atoms with Crippen LogP contribution in [0.15, 0.2) is 47.1 Å². The largest absolute Gasteiger partial charge is 0.461 e. The van der Waals surface area contributed by atoms with Crippen LogP contribution in [0.3, 0.4) is 0 Å². The summed E-state index contributed by atoms with van der Waals surface area (Å²) in [6.07, 6.45) is 1.57. The van der Waals surface area contributed by atoms with Crippen molar-refractivity contribution in [1.29, 1.82) is 0 Å². The van der Waals surface area contributed by atoms with Crippen molar-refractivity contribution in [2.45, 2.75) is 13.8 Å². The van der Waals surface area contributed by atoms with E-state index in [1.54, 1.807) is 26.1 Å². The third kappa shape index (κ3) is 2.76. The average molecular weight is 386 g/mol. The van der Waals surface area contributed by atoms with Crippen molar-refractivity contribution in [3.8, 4) is 0 Å². The van der Waals surface area contributed by atoms with E-state index in [1.807, 2.05) is 30.3 Å². The second-order valence-electron chi connectivity index (χ2n) is 5.39. The summed E-state index contributed by atoms with van der Waals surface area (Å²) in [5.41, 5.74) is 2.00. The van der Waals surface area contributed by atoms with Crippen LogP contribution in [0.25, 0.3) is 10.8 Å². The van der Waals surface area contributed by atoms with Gasteiger partial charge in [-0.25, -0.2) is 4.79 Å². The Morgan fingerprint density at radius 3 is 2.50 bits per heavy atom. The van der Waals surface area contributed by atoms with Crippen molar-refractivity contribution in [3.05, 3.63) is 69.5 Å². The number of nitrogens with one attached hydrogen (secondary N) is 1. The van der Waals surface area contributed by atoms with Crippen LogP contribution >= 0.6 is 15.9 Å². The summed E-state index contributed by atoms with van der Waals surface area (Å²) < 4.78 is 5.94. The highest BCUT2D eigenvalue weighted by atomic mass is 79.9. The average Bonchev–Trinajstić information content (AvgIpc) is 2.97. The van der Waals surface area contributed by atoms with Crippen molar-refractivity contribution in [2.75, 3.05) is 6.61 Å². The van der Waals surface area contributed by atoms with E-state index >= 15 is 0 Å². The van der Waals surface area contributed by atoms with E-state index in [2.05, 4.69) is 20.9 Å². The summed E-state index contributed by atoms with van der Waals surface area (Å²) in [7, 11) is 0. The predicted octanol–water partition coefficient (Wildman–Crippen LogP) is 4.65. The summed E-state index contributed by atoms with van der Waals surface area (Å²) in [4.78, 5) is 27.8. The zero-order valence-corrected chi connectivity index (χ0v) is 14.9. The number of esters is 1. The number of rotatable bonds is 4. The number of ether oxygens (including phenoxy) is 1.